The highest BCUT2D eigenvalue weighted by Gasteiger charge is 2.31. The first-order valence-corrected chi connectivity index (χ1v) is 7.51. The van der Waals surface area contributed by atoms with Crippen LogP contribution in [0.25, 0.3) is 0 Å². The Balaban J connectivity index is 2.06. The summed E-state index contributed by atoms with van der Waals surface area (Å²) in [5.74, 6) is 0.858. The quantitative estimate of drug-likeness (QED) is 0.845. The van der Waals surface area contributed by atoms with Gasteiger partial charge in [0.2, 0.25) is 0 Å². The lowest BCUT2D eigenvalue weighted by atomic mass is 9.73. The monoisotopic (exact) mass is 285 g/mol. The molecule has 0 radical (unpaired) electrons. The molecule has 0 aromatic heterocycles. The highest BCUT2D eigenvalue weighted by atomic mass is 35.5. The molecule has 0 atom stereocenters. The van der Waals surface area contributed by atoms with Gasteiger partial charge in [0.25, 0.3) is 0 Å². The molecule has 0 saturated heterocycles. The van der Waals surface area contributed by atoms with Crippen molar-refractivity contribution in [1.29, 1.82) is 0 Å². The lowest BCUT2D eigenvalue weighted by Crippen LogP contribution is -2.45. The van der Waals surface area contributed by atoms with Gasteiger partial charge in [-0.05, 0) is 61.8 Å². The summed E-state index contributed by atoms with van der Waals surface area (Å²) in [7, 11) is 0. The fourth-order valence-corrected chi connectivity index (χ4v) is 3.27. The van der Waals surface area contributed by atoms with E-state index in [0.717, 1.165) is 40.8 Å². The number of halogens is 2. The third kappa shape index (κ3) is 3.40. The second kappa shape index (κ2) is 5.81. The Morgan fingerprint density at radius 1 is 1.28 bits per heavy atom. The van der Waals surface area contributed by atoms with Gasteiger partial charge in [0.1, 0.15) is 0 Å². The van der Waals surface area contributed by atoms with Crippen molar-refractivity contribution in [2.75, 3.05) is 0 Å². The van der Waals surface area contributed by atoms with Crippen LogP contribution in [0.3, 0.4) is 0 Å². The fraction of sp³-hybridized carbons (Fsp3) is 0.600. The third-order valence-electron chi connectivity index (χ3n) is 4.23. The van der Waals surface area contributed by atoms with Crippen molar-refractivity contribution in [2.45, 2.75) is 51.0 Å². The molecule has 2 N–H and O–H groups in total. The Bertz CT molecular complexity index is 409. The van der Waals surface area contributed by atoms with Crippen LogP contribution in [0.2, 0.25) is 10.0 Å². The van der Waals surface area contributed by atoms with Crippen molar-refractivity contribution in [3.63, 3.8) is 0 Å². The number of rotatable bonds is 3. The van der Waals surface area contributed by atoms with E-state index >= 15 is 0 Å². The van der Waals surface area contributed by atoms with Crippen molar-refractivity contribution in [1.82, 2.24) is 0 Å². The first kappa shape index (κ1) is 14.2. The molecule has 0 unspecified atom stereocenters. The Kier molecular flexibility index (Phi) is 4.58. The van der Waals surface area contributed by atoms with Crippen LogP contribution >= 0.6 is 23.2 Å². The van der Waals surface area contributed by atoms with Gasteiger partial charge in [0.05, 0.1) is 0 Å². The smallest absolute Gasteiger partial charge is 0.0439 e. The maximum absolute atomic E-state index is 6.53. The Hall–Kier alpha value is -0.240. The van der Waals surface area contributed by atoms with Crippen LogP contribution in [-0.4, -0.2) is 5.54 Å². The van der Waals surface area contributed by atoms with Gasteiger partial charge in [0.15, 0.2) is 0 Å². The highest BCUT2D eigenvalue weighted by molar-refractivity contribution is 6.33. The van der Waals surface area contributed by atoms with Gasteiger partial charge in [-0.15, -0.1) is 0 Å². The van der Waals surface area contributed by atoms with E-state index in [1.54, 1.807) is 0 Å². The molecular weight excluding hydrogens is 265 g/mol. The molecule has 18 heavy (non-hydrogen) atoms. The van der Waals surface area contributed by atoms with Crippen LogP contribution in [0, 0.1) is 5.92 Å². The van der Waals surface area contributed by atoms with Crippen molar-refractivity contribution < 1.29 is 0 Å². The van der Waals surface area contributed by atoms with E-state index in [1.165, 1.54) is 19.3 Å². The molecular formula is C15H21Cl2N. The van der Waals surface area contributed by atoms with Crippen LogP contribution in [0.15, 0.2) is 18.2 Å². The highest BCUT2D eigenvalue weighted by Crippen LogP contribution is 2.35. The van der Waals surface area contributed by atoms with E-state index in [1.807, 2.05) is 18.2 Å². The molecule has 1 fully saturated rings. The SMILES string of the molecule is CCC1CCC(N)(Cc2cc(Cl)ccc2Cl)CC1. The van der Waals surface area contributed by atoms with Gasteiger partial charge < -0.3 is 5.73 Å². The predicted octanol–water partition coefficient (Wildman–Crippen LogP) is 4.83. The zero-order chi connectivity index (χ0) is 13.2. The first-order valence-electron chi connectivity index (χ1n) is 6.75. The summed E-state index contributed by atoms with van der Waals surface area (Å²) < 4.78 is 0. The summed E-state index contributed by atoms with van der Waals surface area (Å²) in [4.78, 5) is 0. The largest absolute Gasteiger partial charge is 0.325 e. The minimum Gasteiger partial charge on any atom is -0.325 e. The summed E-state index contributed by atoms with van der Waals surface area (Å²) in [6, 6.07) is 5.63. The molecule has 1 aliphatic rings. The maximum atomic E-state index is 6.53. The molecule has 0 bridgehead atoms. The minimum atomic E-state index is -0.0972. The van der Waals surface area contributed by atoms with E-state index < -0.39 is 0 Å². The van der Waals surface area contributed by atoms with Gasteiger partial charge >= 0.3 is 0 Å². The summed E-state index contributed by atoms with van der Waals surface area (Å²) in [5.41, 5.74) is 7.51. The molecule has 1 aliphatic carbocycles. The van der Waals surface area contributed by atoms with Gasteiger partial charge in [-0.2, -0.15) is 0 Å². The van der Waals surface area contributed by atoms with Crippen LogP contribution in [0.1, 0.15) is 44.6 Å². The Morgan fingerprint density at radius 2 is 1.94 bits per heavy atom. The molecule has 1 nitrogen and oxygen atoms in total. The lowest BCUT2D eigenvalue weighted by molar-refractivity contribution is 0.228. The first-order chi connectivity index (χ1) is 8.52. The van der Waals surface area contributed by atoms with E-state index in [9.17, 15) is 0 Å². The molecule has 0 spiro atoms. The topological polar surface area (TPSA) is 26.0 Å². The maximum Gasteiger partial charge on any atom is 0.0439 e. The second-order valence-corrected chi connectivity index (χ2v) is 6.47. The molecule has 0 amide bonds. The van der Waals surface area contributed by atoms with Crippen LogP contribution in [-0.2, 0) is 6.42 Å². The Morgan fingerprint density at radius 3 is 2.56 bits per heavy atom. The summed E-state index contributed by atoms with van der Waals surface area (Å²) in [6.45, 7) is 2.27. The Labute approximate surface area is 120 Å². The van der Waals surface area contributed by atoms with Gasteiger partial charge in [-0.25, -0.2) is 0 Å². The van der Waals surface area contributed by atoms with Gasteiger partial charge in [0, 0.05) is 15.6 Å². The van der Waals surface area contributed by atoms with Crippen molar-refractivity contribution in [3.05, 3.63) is 33.8 Å². The van der Waals surface area contributed by atoms with E-state index in [0.29, 0.717) is 0 Å². The zero-order valence-corrected chi connectivity index (χ0v) is 12.4. The van der Waals surface area contributed by atoms with Crippen molar-refractivity contribution in [3.8, 4) is 0 Å². The van der Waals surface area contributed by atoms with Crippen LogP contribution in [0.5, 0.6) is 0 Å². The summed E-state index contributed by atoms with van der Waals surface area (Å²) in [5, 5.41) is 1.52. The van der Waals surface area contributed by atoms with E-state index in [2.05, 4.69) is 6.92 Å². The van der Waals surface area contributed by atoms with Gasteiger partial charge in [-0.3, -0.25) is 0 Å². The molecule has 0 heterocycles. The van der Waals surface area contributed by atoms with Crippen LogP contribution in [0.4, 0.5) is 0 Å². The average Bonchev–Trinajstić information content (AvgIpc) is 2.35. The molecule has 0 aliphatic heterocycles. The summed E-state index contributed by atoms with van der Waals surface area (Å²) in [6.07, 6.45) is 6.77. The molecule has 2 rings (SSSR count). The predicted molar refractivity (Wildman–Crippen MR) is 79.3 cm³/mol. The second-order valence-electron chi connectivity index (χ2n) is 5.63. The number of hydrogen-bond acceptors (Lipinski definition) is 1. The van der Waals surface area contributed by atoms with Crippen molar-refractivity contribution >= 4 is 23.2 Å². The normalized spacial score (nSPS) is 28.3. The molecule has 1 aromatic rings. The number of benzene rings is 1. The lowest BCUT2D eigenvalue weighted by Gasteiger charge is -2.37. The average molecular weight is 286 g/mol. The molecule has 1 saturated carbocycles. The minimum absolute atomic E-state index is 0.0972. The molecule has 1 aromatic carbocycles. The van der Waals surface area contributed by atoms with E-state index in [4.69, 9.17) is 28.9 Å². The number of hydrogen-bond donors (Lipinski definition) is 1. The van der Waals surface area contributed by atoms with Crippen molar-refractivity contribution in [2.24, 2.45) is 11.7 Å². The fourth-order valence-electron chi connectivity index (χ4n) is 2.90. The standard InChI is InChI=1S/C15H21Cl2N/c1-2-11-5-7-15(18,8-6-11)10-12-9-13(16)3-4-14(12)17/h3-4,9,11H,2,5-8,10,18H2,1H3. The zero-order valence-electron chi connectivity index (χ0n) is 10.9. The van der Waals surface area contributed by atoms with Crippen LogP contribution < -0.4 is 5.73 Å². The summed E-state index contributed by atoms with van der Waals surface area (Å²) >= 11 is 12.2. The van der Waals surface area contributed by atoms with Gasteiger partial charge in [-0.1, -0.05) is 36.5 Å². The number of nitrogens with two attached hydrogens (primary N) is 1. The molecule has 3 heteroatoms. The van der Waals surface area contributed by atoms with E-state index in [-0.39, 0.29) is 5.54 Å². The third-order valence-corrected chi connectivity index (χ3v) is 4.83. The molecule has 100 valence electrons.